The number of rotatable bonds is 7. The van der Waals surface area contributed by atoms with Crippen LogP contribution in [0.5, 0.6) is 5.75 Å². The molecule has 1 heterocycles. The van der Waals surface area contributed by atoms with E-state index in [0.29, 0.717) is 6.61 Å². The predicted octanol–water partition coefficient (Wildman–Crippen LogP) is 6.18. The molecule has 0 aliphatic rings. The maximum Gasteiger partial charge on any atom is 0.196 e. The van der Waals surface area contributed by atoms with Gasteiger partial charge in [0, 0.05) is 21.5 Å². The number of benzene rings is 3. The minimum absolute atomic E-state index is 0.591. The number of halogens is 1. The monoisotopic (exact) mass is 465 g/mol. The maximum absolute atomic E-state index is 5.84. The third kappa shape index (κ3) is 4.89. The van der Waals surface area contributed by atoms with E-state index in [-0.39, 0.29) is 0 Å². The van der Waals surface area contributed by atoms with Crippen molar-refractivity contribution in [1.82, 2.24) is 14.8 Å². The molecule has 4 nitrogen and oxygen atoms in total. The van der Waals surface area contributed by atoms with Crippen LogP contribution in [0.15, 0.2) is 88.5 Å². The molecule has 29 heavy (non-hydrogen) atoms. The van der Waals surface area contributed by atoms with Gasteiger partial charge in [-0.2, -0.15) is 0 Å². The van der Waals surface area contributed by atoms with Crippen molar-refractivity contribution < 1.29 is 4.74 Å². The van der Waals surface area contributed by atoms with Gasteiger partial charge in [-0.25, -0.2) is 0 Å². The number of aryl methyl sites for hydroxylation is 1. The largest absolute Gasteiger partial charge is 0.493 e. The van der Waals surface area contributed by atoms with Gasteiger partial charge in [-0.05, 0) is 49.4 Å². The number of hydrogen-bond acceptors (Lipinski definition) is 4. The van der Waals surface area contributed by atoms with E-state index in [1.54, 1.807) is 11.8 Å². The minimum Gasteiger partial charge on any atom is -0.493 e. The average molecular weight is 466 g/mol. The Morgan fingerprint density at radius 3 is 2.48 bits per heavy atom. The van der Waals surface area contributed by atoms with Crippen LogP contribution in [0.3, 0.4) is 0 Å². The fourth-order valence-electron chi connectivity index (χ4n) is 2.97. The Kier molecular flexibility index (Phi) is 6.32. The molecule has 4 rings (SSSR count). The van der Waals surface area contributed by atoms with Crippen LogP contribution in [0.4, 0.5) is 0 Å². The fourth-order valence-corrected chi connectivity index (χ4v) is 4.00. The van der Waals surface area contributed by atoms with Crippen LogP contribution in [0.2, 0.25) is 0 Å². The van der Waals surface area contributed by atoms with Crippen LogP contribution in [-0.4, -0.2) is 27.1 Å². The molecular weight excluding hydrogens is 446 g/mol. The summed E-state index contributed by atoms with van der Waals surface area (Å²) in [5.74, 6) is 2.48. The van der Waals surface area contributed by atoms with E-state index in [9.17, 15) is 0 Å². The summed E-state index contributed by atoms with van der Waals surface area (Å²) >= 11 is 5.08. The first-order valence-electron chi connectivity index (χ1n) is 9.30. The van der Waals surface area contributed by atoms with Gasteiger partial charge in [0.05, 0.1) is 6.61 Å². The molecular formula is C23H20BrN3OS. The molecule has 3 aromatic carbocycles. The smallest absolute Gasteiger partial charge is 0.196 e. The summed E-state index contributed by atoms with van der Waals surface area (Å²) in [6.07, 6.45) is 0. The van der Waals surface area contributed by atoms with Crippen LogP contribution in [0, 0.1) is 6.92 Å². The number of ether oxygens (including phenoxy) is 1. The molecule has 0 unspecified atom stereocenters. The molecule has 0 saturated heterocycles. The number of aromatic nitrogens is 3. The zero-order valence-electron chi connectivity index (χ0n) is 16.0. The Hall–Kier alpha value is -2.57. The predicted molar refractivity (Wildman–Crippen MR) is 122 cm³/mol. The quantitative estimate of drug-likeness (QED) is 0.241. The van der Waals surface area contributed by atoms with Gasteiger partial charge in [0.1, 0.15) is 5.75 Å². The van der Waals surface area contributed by atoms with Crippen molar-refractivity contribution in [2.45, 2.75) is 12.1 Å². The zero-order valence-corrected chi connectivity index (χ0v) is 18.4. The summed E-state index contributed by atoms with van der Waals surface area (Å²) < 4.78 is 8.99. The highest BCUT2D eigenvalue weighted by Gasteiger charge is 2.16. The summed E-state index contributed by atoms with van der Waals surface area (Å²) in [5.41, 5.74) is 3.30. The fraction of sp³-hybridized carbons (Fsp3) is 0.130. The topological polar surface area (TPSA) is 39.9 Å². The highest BCUT2D eigenvalue weighted by molar-refractivity contribution is 9.10. The van der Waals surface area contributed by atoms with Crippen molar-refractivity contribution in [3.8, 4) is 22.8 Å². The first-order valence-corrected chi connectivity index (χ1v) is 11.1. The van der Waals surface area contributed by atoms with Crippen molar-refractivity contribution in [1.29, 1.82) is 0 Å². The second-order valence-electron chi connectivity index (χ2n) is 6.50. The van der Waals surface area contributed by atoms with Gasteiger partial charge in [0.2, 0.25) is 0 Å². The Morgan fingerprint density at radius 2 is 1.72 bits per heavy atom. The first kappa shape index (κ1) is 19.7. The van der Waals surface area contributed by atoms with Crippen LogP contribution in [-0.2, 0) is 0 Å². The van der Waals surface area contributed by atoms with E-state index in [1.165, 1.54) is 5.56 Å². The van der Waals surface area contributed by atoms with Crippen molar-refractivity contribution in [2.75, 3.05) is 12.4 Å². The lowest BCUT2D eigenvalue weighted by atomic mass is 10.1. The first-order chi connectivity index (χ1) is 14.2. The molecule has 1 aromatic heterocycles. The Morgan fingerprint density at radius 1 is 0.931 bits per heavy atom. The molecule has 0 aliphatic carbocycles. The highest BCUT2D eigenvalue weighted by Crippen LogP contribution is 2.28. The second kappa shape index (κ2) is 9.29. The van der Waals surface area contributed by atoms with E-state index < -0.39 is 0 Å². The molecule has 0 fully saturated rings. The molecule has 0 atom stereocenters. The van der Waals surface area contributed by atoms with E-state index >= 15 is 0 Å². The maximum atomic E-state index is 5.84. The lowest BCUT2D eigenvalue weighted by molar-refractivity contribution is 0.344. The highest BCUT2D eigenvalue weighted by atomic mass is 79.9. The lowest BCUT2D eigenvalue weighted by Gasteiger charge is -2.11. The van der Waals surface area contributed by atoms with Crippen LogP contribution >= 0.6 is 27.7 Å². The number of hydrogen-bond donors (Lipinski definition) is 0. The van der Waals surface area contributed by atoms with Crippen molar-refractivity contribution in [2.24, 2.45) is 0 Å². The van der Waals surface area contributed by atoms with Gasteiger partial charge in [-0.1, -0.05) is 69.7 Å². The van der Waals surface area contributed by atoms with Crippen LogP contribution in [0.25, 0.3) is 17.1 Å². The van der Waals surface area contributed by atoms with Gasteiger partial charge < -0.3 is 4.74 Å². The molecule has 0 bridgehead atoms. The van der Waals surface area contributed by atoms with E-state index in [0.717, 1.165) is 38.2 Å². The average Bonchev–Trinajstić information content (AvgIpc) is 3.17. The second-order valence-corrected chi connectivity index (χ2v) is 8.48. The van der Waals surface area contributed by atoms with Crippen molar-refractivity contribution >= 4 is 27.7 Å². The van der Waals surface area contributed by atoms with Gasteiger partial charge in [-0.3, -0.25) is 4.57 Å². The van der Waals surface area contributed by atoms with Gasteiger partial charge in [0.25, 0.3) is 0 Å². The van der Waals surface area contributed by atoms with Gasteiger partial charge in [-0.15, -0.1) is 10.2 Å². The third-order valence-electron chi connectivity index (χ3n) is 4.32. The standard InChI is InChI=1S/C23H20BrN3OS/c1-17-6-5-7-18(16-17)22-25-26-23(27(22)20-8-3-2-4-9-20)29-15-14-28-21-12-10-19(24)11-13-21/h2-13,16H,14-15H2,1H3. The Bertz CT molecular complexity index is 1080. The van der Waals surface area contributed by atoms with Gasteiger partial charge in [0.15, 0.2) is 11.0 Å². The molecule has 146 valence electrons. The van der Waals surface area contributed by atoms with Crippen LogP contribution in [0.1, 0.15) is 5.56 Å². The lowest BCUT2D eigenvalue weighted by Crippen LogP contribution is -2.03. The van der Waals surface area contributed by atoms with Crippen molar-refractivity contribution in [3.63, 3.8) is 0 Å². The zero-order chi connectivity index (χ0) is 20.1. The summed E-state index contributed by atoms with van der Waals surface area (Å²) in [5, 5.41) is 9.82. The summed E-state index contributed by atoms with van der Waals surface area (Å²) in [7, 11) is 0. The van der Waals surface area contributed by atoms with E-state index in [1.807, 2.05) is 48.5 Å². The molecule has 0 spiro atoms. The number of nitrogens with zero attached hydrogens (tertiary/aromatic N) is 3. The summed E-state index contributed by atoms with van der Waals surface area (Å²) in [6.45, 7) is 2.68. The third-order valence-corrected chi connectivity index (χ3v) is 5.74. The normalized spacial score (nSPS) is 10.8. The van der Waals surface area contributed by atoms with Crippen molar-refractivity contribution in [3.05, 3.63) is 88.9 Å². The number of thioether (sulfide) groups is 1. The summed E-state index contributed by atoms with van der Waals surface area (Å²) in [4.78, 5) is 0. The molecule has 0 radical (unpaired) electrons. The SMILES string of the molecule is Cc1cccc(-c2nnc(SCCOc3ccc(Br)cc3)n2-c2ccccc2)c1. The Balaban J connectivity index is 1.54. The molecule has 0 aliphatic heterocycles. The van der Waals surface area contributed by atoms with E-state index in [4.69, 9.17) is 4.74 Å². The van der Waals surface area contributed by atoms with Gasteiger partial charge >= 0.3 is 0 Å². The minimum atomic E-state index is 0.591. The Labute approximate surface area is 183 Å². The van der Waals surface area contributed by atoms with Crippen LogP contribution < -0.4 is 4.74 Å². The molecule has 6 heteroatoms. The molecule has 0 N–H and O–H groups in total. The van der Waals surface area contributed by atoms with E-state index in [2.05, 4.69) is 67.9 Å². The summed E-state index contributed by atoms with van der Waals surface area (Å²) in [6, 6.07) is 26.4. The molecule has 0 amide bonds. The molecule has 0 saturated carbocycles. The molecule has 4 aromatic rings. The number of para-hydroxylation sites is 1.